The molecule has 1 heterocycles. The maximum absolute atomic E-state index is 13.1. The Morgan fingerprint density at radius 3 is 2.30 bits per heavy atom. The Morgan fingerprint density at radius 2 is 1.73 bits per heavy atom. The van der Waals surface area contributed by atoms with Crippen LogP contribution < -0.4 is 5.32 Å². The molecule has 0 saturated carbocycles. The fourth-order valence-electron chi connectivity index (χ4n) is 4.46. The zero-order valence-electron chi connectivity index (χ0n) is 18.7. The van der Waals surface area contributed by atoms with E-state index in [0.717, 1.165) is 22.3 Å². The van der Waals surface area contributed by atoms with E-state index >= 15 is 0 Å². The Bertz CT molecular complexity index is 1030. The molecule has 7 nitrogen and oxygen atoms in total. The third-order valence-electron chi connectivity index (χ3n) is 6.69. The van der Waals surface area contributed by atoms with E-state index in [1.165, 1.54) is 16.7 Å². The molecule has 8 heteroatoms. The molecule has 0 bridgehead atoms. The topological polar surface area (TPSA) is 95.9 Å². The van der Waals surface area contributed by atoms with Crippen molar-refractivity contribution in [2.24, 2.45) is 5.41 Å². The van der Waals surface area contributed by atoms with E-state index < -0.39 is 23.5 Å². The number of carbonyl (C=O) groups is 3. The van der Waals surface area contributed by atoms with Crippen LogP contribution in [0.5, 0.6) is 0 Å². The summed E-state index contributed by atoms with van der Waals surface area (Å²) in [5.41, 5.74) is 3.66. The quantitative estimate of drug-likeness (QED) is 0.639. The number of nitrogens with one attached hydrogen (secondary N) is 1. The van der Waals surface area contributed by atoms with Crippen molar-refractivity contribution in [2.75, 3.05) is 24.8 Å². The van der Waals surface area contributed by atoms with Gasteiger partial charge >= 0.3 is 12.1 Å². The maximum atomic E-state index is 13.1. The Kier molecular flexibility index (Phi) is 6.65. The van der Waals surface area contributed by atoms with Gasteiger partial charge in [0, 0.05) is 18.2 Å². The lowest BCUT2D eigenvalue weighted by Gasteiger charge is -2.33. The lowest BCUT2D eigenvalue weighted by molar-refractivity contribution is -0.152. The molecule has 2 atom stereocenters. The summed E-state index contributed by atoms with van der Waals surface area (Å²) in [6.45, 7) is 3.88. The first-order chi connectivity index (χ1) is 15.9. The largest absolute Gasteiger partial charge is 0.480 e. The van der Waals surface area contributed by atoms with Crippen LogP contribution in [0.15, 0.2) is 48.5 Å². The predicted molar refractivity (Wildman–Crippen MR) is 127 cm³/mol. The van der Waals surface area contributed by atoms with Gasteiger partial charge in [0.15, 0.2) is 0 Å². The van der Waals surface area contributed by atoms with Crippen LogP contribution >= 0.6 is 11.8 Å². The highest BCUT2D eigenvalue weighted by Crippen LogP contribution is 2.44. The molecule has 1 saturated heterocycles. The second-order valence-electron chi connectivity index (χ2n) is 8.72. The zero-order valence-corrected chi connectivity index (χ0v) is 19.6. The number of fused-ring (bicyclic) bond motifs is 3. The molecule has 1 fully saturated rings. The molecule has 33 heavy (non-hydrogen) atoms. The number of benzene rings is 2. The van der Waals surface area contributed by atoms with Crippen molar-refractivity contribution in [1.82, 2.24) is 10.2 Å². The van der Waals surface area contributed by atoms with Crippen LogP contribution in [-0.2, 0) is 14.3 Å². The molecule has 2 amide bonds. The van der Waals surface area contributed by atoms with Crippen molar-refractivity contribution in [3.63, 3.8) is 0 Å². The fourth-order valence-corrected chi connectivity index (χ4v) is 5.61. The number of alkyl carbamates (subject to hydrolysis) is 1. The fraction of sp³-hybridized carbons (Fsp3) is 0.400. The number of carboxylic acid groups (broad SMARTS) is 1. The number of nitrogens with zero attached hydrogens (tertiary/aromatic N) is 1. The van der Waals surface area contributed by atoms with Crippen molar-refractivity contribution in [2.45, 2.75) is 32.2 Å². The summed E-state index contributed by atoms with van der Waals surface area (Å²) in [4.78, 5) is 38.6. The summed E-state index contributed by atoms with van der Waals surface area (Å²) in [6, 6.07) is 15.4. The van der Waals surface area contributed by atoms with E-state index in [-0.39, 0.29) is 25.0 Å². The minimum atomic E-state index is -1.00. The third kappa shape index (κ3) is 4.44. The van der Waals surface area contributed by atoms with Crippen LogP contribution in [0.4, 0.5) is 4.79 Å². The summed E-state index contributed by atoms with van der Waals surface area (Å²) >= 11 is 1.42. The van der Waals surface area contributed by atoms with Crippen molar-refractivity contribution < 1.29 is 24.2 Å². The summed E-state index contributed by atoms with van der Waals surface area (Å²) in [5, 5.41) is 12.1. The highest BCUT2D eigenvalue weighted by atomic mass is 32.2. The van der Waals surface area contributed by atoms with Crippen LogP contribution in [0.2, 0.25) is 0 Å². The number of carbonyl (C=O) groups excluding carboxylic acids is 2. The lowest BCUT2D eigenvalue weighted by atomic mass is 9.85. The minimum absolute atomic E-state index is 0.0414. The Morgan fingerprint density at radius 1 is 1.12 bits per heavy atom. The number of hydrogen-bond donors (Lipinski definition) is 2. The summed E-state index contributed by atoms with van der Waals surface area (Å²) in [7, 11) is 0. The molecular formula is C25H28N2O5S. The van der Waals surface area contributed by atoms with Gasteiger partial charge in [-0.1, -0.05) is 55.5 Å². The Balaban J connectivity index is 1.38. The number of thioether (sulfide) groups is 1. The normalized spacial score (nSPS) is 18.8. The van der Waals surface area contributed by atoms with Crippen molar-refractivity contribution in [3.05, 3.63) is 59.7 Å². The van der Waals surface area contributed by atoms with Crippen LogP contribution in [0.3, 0.4) is 0 Å². The van der Waals surface area contributed by atoms with E-state index in [4.69, 9.17) is 4.74 Å². The molecule has 1 aliphatic heterocycles. The van der Waals surface area contributed by atoms with Crippen LogP contribution in [0, 0.1) is 5.41 Å². The maximum Gasteiger partial charge on any atom is 0.407 e. The van der Waals surface area contributed by atoms with Gasteiger partial charge in [-0.3, -0.25) is 4.79 Å². The van der Waals surface area contributed by atoms with Gasteiger partial charge in [-0.25, -0.2) is 9.59 Å². The average Bonchev–Trinajstić information content (AvgIpc) is 3.44. The molecule has 2 aromatic rings. The van der Waals surface area contributed by atoms with Gasteiger partial charge in [0.2, 0.25) is 5.91 Å². The summed E-state index contributed by atoms with van der Waals surface area (Å²) in [5.74, 6) is -0.588. The third-order valence-corrected chi connectivity index (χ3v) is 7.70. The van der Waals surface area contributed by atoms with E-state index in [2.05, 4.69) is 29.6 Å². The minimum Gasteiger partial charge on any atom is -0.480 e. The van der Waals surface area contributed by atoms with Gasteiger partial charge < -0.3 is 20.1 Å². The molecule has 0 spiro atoms. The van der Waals surface area contributed by atoms with E-state index in [0.29, 0.717) is 18.1 Å². The first-order valence-corrected chi connectivity index (χ1v) is 12.2. The zero-order chi connectivity index (χ0) is 23.6. The molecular weight excluding hydrogens is 440 g/mol. The van der Waals surface area contributed by atoms with Crippen molar-refractivity contribution in [3.8, 4) is 11.1 Å². The number of amides is 2. The molecule has 2 aromatic carbocycles. The van der Waals surface area contributed by atoms with E-state index in [1.54, 1.807) is 6.92 Å². The molecule has 174 valence electrons. The molecule has 1 aliphatic carbocycles. The standard InChI is InChI=1S/C25H28N2O5S/c1-3-25(2,23(30)27-15-33-13-21(27)22(28)29)14-26-24(31)32-12-20-18-10-6-4-8-16(18)17-9-5-7-11-19(17)20/h4-11,20-21H,3,12-15H2,1-2H3,(H,26,31)(H,28,29). The Hall–Kier alpha value is -3.00. The van der Waals surface area contributed by atoms with Gasteiger partial charge in [-0.2, -0.15) is 0 Å². The van der Waals surface area contributed by atoms with Gasteiger partial charge in [0.25, 0.3) is 0 Å². The average molecular weight is 469 g/mol. The van der Waals surface area contributed by atoms with Crippen LogP contribution in [0.25, 0.3) is 11.1 Å². The molecule has 2 N–H and O–H groups in total. The number of rotatable bonds is 7. The van der Waals surface area contributed by atoms with Crippen molar-refractivity contribution >= 4 is 29.7 Å². The molecule has 2 unspecified atom stereocenters. The SMILES string of the molecule is CCC(C)(CNC(=O)OCC1c2ccccc2-c2ccccc21)C(=O)N1CSCC1C(=O)O. The first kappa shape index (κ1) is 23.2. The second kappa shape index (κ2) is 9.47. The predicted octanol–water partition coefficient (Wildman–Crippen LogP) is 3.93. The number of hydrogen-bond acceptors (Lipinski definition) is 5. The summed E-state index contributed by atoms with van der Waals surface area (Å²) in [6.07, 6.45) is -0.127. The molecule has 0 radical (unpaired) electrons. The summed E-state index contributed by atoms with van der Waals surface area (Å²) < 4.78 is 5.57. The number of carboxylic acids is 1. The van der Waals surface area contributed by atoms with E-state index in [1.807, 2.05) is 31.2 Å². The molecule has 4 rings (SSSR count). The smallest absolute Gasteiger partial charge is 0.407 e. The van der Waals surface area contributed by atoms with Crippen LogP contribution in [-0.4, -0.2) is 58.8 Å². The van der Waals surface area contributed by atoms with Gasteiger partial charge in [-0.05, 0) is 35.6 Å². The monoisotopic (exact) mass is 468 g/mol. The van der Waals surface area contributed by atoms with Gasteiger partial charge in [0.05, 0.1) is 11.3 Å². The highest BCUT2D eigenvalue weighted by Gasteiger charge is 2.43. The van der Waals surface area contributed by atoms with Gasteiger partial charge in [0.1, 0.15) is 12.6 Å². The number of aliphatic carboxylic acids is 1. The molecule has 0 aromatic heterocycles. The first-order valence-electron chi connectivity index (χ1n) is 11.1. The van der Waals surface area contributed by atoms with Gasteiger partial charge in [-0.15, -0.1) is 11.8 Å². The number of ether oxygens (including phenoxy) is 1. The molecule has 2 aliphatic rings. The second-order valence-corrected chi connectivity index (χ2v) is 9.72. The highest BCUT2D eigenvalue weighted by molar-refractivity contribution is 7.99. The van der Waals surface area contributed by atoms with Crippen molar-refractivity contribution in [1.29, 1.82) is 0 Å². The van der Waals surface area contributed by atoms with Crippen LogP contribution in [0.1, 0.15) is 37.3 Å². The lowest BCUT2D eigenvalue weighted by Crippen LogP contribution is -2.52. The van der Waals surface area contributed by atoms with E-state index in [9.17, 15) is 19.5 Å². The Labute approximate surface area is 197 Å².